The fourth-order valence-electron chi connectivity index (χ4n) is 8.83. The van der Waals surface area contributed by atoms with Crippen LogP contribution in [0.15, 0.2) is 18.3 Å². The van der Waals surface area contributed by atoms with Crippen molar-refractivity contribution in [2.24, 2.45) is 17.8 Å². The second kappa shape index (κ2) is 10.2. The number of hydrogen-bond donors (Lipinski definition) is 3. The molecule has 0 spiro atoms. The van der Waals surface area contributed by atoms with Crippen molar-refractivity contribution in [2.75, 3.05) is 26.7 Å². The van der Waals surface area contributed by atoms with E-state index in [1.54, 1.807) is 4.90 Å². The number of aromatic nitrogens is 1. The van der Waals surface area contributed by atoms with E-state index in [1.807, 2.05) is 40.7 Å². The van der Waals surface area contributed by atoms with E-state index in [4.69, 9.17) is 9.47 Å². The third kappa shape index (κ3) is 3.94. The van der Waals surface area contributed by atoms with Gasteiger partial charge in [-0.1, -0.05) is 27.7 Å². The van der Waals surface area contributed by atoms with Gasteiger partial charge < -0.3 is 29.9 Å². The highest BCUT2D eigenvalue weighted by Crippen LogP contribution is 2.50. The maximum atomic E-state index is 14.4. The Bertz CT molecular complexity index is 1520. The average Bonchev–Trinajstić information content (AvgIpc) is 3.69. The van der Waals surface area contributed by atoms with E-state index in [9.17, 15) is 19.5 Å². The van der Waals surface area contributed by atoms with Gasteiger partial charge in [-0.3, -0.25) is 24.0 Å². The summed E-state index contributed by atoms with van der Waals surface area (Å²) in [6.07, 6.45) is 4.78. The Balaban J connectivity index is 1.22. The van der Waals surface area contributed by atoms with E-state index in [-0.39, 0.29) is 29.7 Å². The van der Waals surface area contributed by atoms with E-state index in [1.165, 1.54) is 15.8 Å². The minimum atomic E-state index is -2.02. The Morgan fingerprint density at radius 2 is 2.02 bits per heavy atom. The Labute approximate surface area is 258 Å². The van der Waals surface area contributed by atoms with Crippen LogP contribution in [0, 0.1) is 17.8 Å². The van der Waals surface area contributed by atoms with E-state index in [2.05, 4.69) is 34.5 Å². The summed E-state index contributed by atoms with van der Waals surface area (Å²) >= 11 is 0. The molecule has 0 saturated carbocycles. The number of nitrogens with zero attached hydrogens (tertiary/aromatic N) is 3. The fourth-order valence-corrected chi connectivity index (χ4v) is 8.83. The standard InChI is InChI=1S/C33H45N5O6/c1-7-43-24-11-10-22-26-19(15-34-22)14-23-21(27(24)26)13-20(16-36(23)6)29(39)35-32(18(4)5)31(41)38-28(17(2)3)30(40)37-12-8-9-25(37)33(38,42)44-32/h10-11,15,17-18,20-21,23,25,28,34,42H,7-9,12-14,16H2,1-6H3,(H,35,39)/t20-,21+,23-,25+,28+,32-,33+/m1/s1. The molecular weight excluding hydrogens is 562 g/mol. The number of nitrogens with one attached hydrogen (secondary N) is 2. The van der Waals surface area contributed by atoms with Crippen LogP contribution in [0.5, 0.6) is 5.75 Å². The van der Waals surface area contributed by atoms with Gasteiger partial charge in [-0.15, -0.1) is 0 Å². The second-order valence-electron chi connectivity index (χ2n) is 14.1. The number of aliphatic hydroxyl groups is 1. The van der Waals surface area contributed by atoms with Gasteiger partial charge >= 0.3 is 0 Å². The lowest BCUT2D eigenvalue weighted by atomic mass is 9.72. The number of ether oxygens (including phenoxy) is 2. The number of carbonyl (C=O) groups is 3. The summed E-state index contributed by atoms with van der Waals surface area (Å²) in [5, 5.41) is 16.4. The maximum Gasteiger partial charge on any atom is 0.281 e. The van der Waals surface area contributed by atoms with Gasteiger partial charge in [0.05, 0.1) is 12.5 Å². The van der Waals surface area contributed by atoms with Gasteiger partial charge in [0.25, 0.3) is 11.8 Å². The first-order valence-corrected chi connectivity index (χ1v) is 16.3. The van der Waals surface area contributed by atoms with Crippen molar-refractivity contribution < 1.29 is 29.0 Å². The van der Waals surface area contributed by atoms with Crippen LogP contribution >= 0.6 is 0 Å². The van der Waals surface area contributed by atoms with Crippen LogP contribution in [0.4, 0.5) is 0 Å². The van der Waals surface area contributed by atoms with Crippen molar-refractivity contribution >= 4 is 28.6 Å². The molecule has 0 radical (unpaired) electrons. The minimum Gasteiger partial charge on any atom is -0.494 e. The molecule has 11 nitrogen and oxygen atoms in total. The van der Waals surface area contributed by atoms with Crippen molar-refractivity contribution in [1.29, 1.82) is 0 Å². The largest absolute Gasteiger partial charge is 0.494 e. The van der Waals surface area contributed by atoms with Crippen LogP contribution in [0.25, 0.3) is 10.9 Å². The summed E-state index contributed by atoms with van der Waals surface area (Å²) in [5.74, 6) is -3.32. The summed E-state index contributed by atoms with van der Waals surface area (Å²) in [4.78, 5) is 50.9. The third-order valence-electron chi connectivity index (χ3n) is 10.9. The highest BCUT2D eigenvalue weighted by atomic mass is 16.7. The molecular formula is C33H45N5O6. The van der Waals surface area contributed by atoms with Gasteiger partial charge in [-0.05, 0) is 63.3 Å². The van der Waals surface area contributed by atoms with E-state index < -0.39 is 41.5 Å². The van der Waals surface area contributed by atoms with Crippen LogP contribution in [-0.2, 0) is 25.5 Å². The SMILES string of the molecule is CCOc1ccc2[nH]cc3c2c1[C@H]1C[C@@H](C(=O)N[C@]2(C(C)C)O[C@@]4(O)[C@@H]5CCCN5C(=O)[C@H](C(C)C)N4C2=O)CN(C)[C@@H]1C3. The van der Waals surface area contributed by atoms with Crippen molar-refractivity contribution in [3.63, 3.8) is 0 Å². The number of amides is 3. The molecule has 1 aromatic carbocycles. The topological polar surface area (TPSA) is 127 Å². The minimum absolute atomic E-state index is 0.0544. The molecule has 2 aromatic rings. The molecule has 7 rings (SSSR count). The van der Waals surface area contributed by atoms with Gasteiger partial charge in [0.15, 0.2) is 0 Å². The van der Waals surface area contributed by atoms with Gasteiger partial charge in [-0.2, -0.15) is 0 Å². The van der Waals surface area contributed by atoms with Crippen molar-refractivity contribution in [2.45, 2.75) is 96.0 Å². The highest BCUT2D eigenvalue weighted by molar-refractivity contribution is 5.98. The summed E-state index contributed by atoms with van der Waals surface area (Å²) in [5.41, 5.74) is 1.66. The fraction of sp³-hybridized carbons (Fsp3) is 0.667. The zero-order valence-electron chi connectivity index (χ0n) is 26.6. The van der Waals surface area contributed by atoms with Gasteiger partial charge in [0.2, 0.25) is 17.5 Å². The number of carbonyl (C=O) groups excluding carboxylic acids is 3. The number of likely N-dealkylation sites (tertiary alicyclic amines) is 1. The smallest absolute Gasteiger partial charge is 0.281 e. The molecule has 4 saturated heterocycles. The molecule has 5 aliphatic rings. The first-order valence-electron chi connectivity index (χ1n) is 16.3. The van der Waals surface area contributed by atoms with Crippen LogP contribution in [0.2, 0.25) is 0 Å². The van der Waals surface area contributed by atoms with Crippen molar-refractivity contribution in [3.05, 3.63) is 29.5 Å². The molecule has 0 bridgehead atoms. The predicted molar refractivity (Wildman–Crippen MR) is 162 cm³/mol. The molecule has 0 unspecified atom stereocenters. The molecule has 4 aliphatic heterocycles. The monoisotopic (exact) mass is 607 g/mol. The first kappa shape index (κ1) is 29.6. The third-order valence-corrected chi connectivity index (χ3v) is 10.9. The Morgan fingerprint density at radius 1 is 1.25 bits per heavy atom. The molecule has 5 heterocycles. The number of likely N-dealkylation sites (N-methyl/N-ethyl adjacent to an activating group) is 1. The Hall–Kier alpha value is -3.15. The van der Waals surface area contributed by atoms with Gasteiger partial charge in [0.1, 0.15) is 17.8 Å². The summed E-state index contributed by atoms with van der Waals surface area (Å²) in [6, 6.07) is 2.72. The predicted octanol–water partition coefficient (Wildman–Crippen LogP) is 2.53. The zero-order valence-corrected chi connectivity index (χ0v) is 26.6. The molecule has 11 heteroatoms. The first-order chi connectivity index (χ1) is 20.9. The van der Waals surface area contributed by atoms with Crippen molar-refractivity contribution in [1.82, 2.24) is 25.0 Å². The lowest BCUT2D eigenvalue weighted by Gasteiger charge is -2.49. The second-order valence-corrected chi connectivity index (χ2v) is 14.1. The molecule has 44 heavy (non-hydrogen) atoms. The summed E-state index contributed by atoms with van der Waals surface area (Å²) in [7, 11) is 2.06. The average molecular weight is 608 g/mol. The van der Waals surface area contributed by atoms with Crippen LogP contribution < -0.4 is 10.1 Å². The number of rotatable bonds is 6. The zero-order chi connectivity index (χ0) is 31.3. The van der Waals surface area contributed by atoms with Crippen LogP contribution in [-0.4, -0.2) is 99.0 Å². The lowest BCUT2D eigenvalue weighted by molar-refractivity contribution is -0.323. The quantitative estimate of drug-likeness (QED) is 0.461. The summed E-state index contributed by atoms with van der Waals surface area (Å²) < 4.78 is 12.6. The number of piperazine rings is 1. The Kier molecular flexibility index (Phi) is 6.84. The maximum absolute atomic E-state index is 14.4. The van der Waals surface area contributed by atoms with E-state index >= 15 is 0 Å². The molecule has 3 amide bonds. The highest BCUT2D eigenvalue weighted by Gasteiger charge is 2.72. The Morgan fingerprint density at radius 3 is 2.73 bits per heavy atom. The van der Waals surface area contributed by atoms with Gasteiger partial charge in [0, 0.05) is 53.6 Å². The van der Waals surface area contributed by atoms with E-state index in [0.29, 0.717) is 39.0 Å². The van der Waals surface area contributed by atoms with Crippen LogP contribution in [0.1, 0.15) is 70.9 Å². The lowest BCUT2D eigenvalue weighted by Crippen LogP contribution is -2.72. The number of hydrogen-bond acceptors (Lipinski definition) is 7. The number of piperidine rings is 1. The number of aromatic amines is 1. The molecule has 3 N–H and O–H groups in total. The normalized spacial score (nSPS) is 35.0. The van der Waals surface area contributed by atoms with Gasteiger partial charge in [-0.25, -0.2) is 0 Å². The molecule has 238 valence electrons. The molecule has 1 aliphatic carbocycles. The van der Waals surface area contributed by atoms with E-state index in [0.717, 1.165) is 23.3 Å². The van der Waals surface area contributed by atoms with Crippen molar-refractivity contribution in [3.8, 4) is 5.75 Å². The number of H-pyrrole nitrogens is 1. The summed E-state index contributed by atoms with van der Waals surface area (Å²) in [6.45, 7) is 10.9. The number of fused-ring (bicyclic) bond motifs is 5. The van der Waals surface area contributed by atoms with Crippen LogP contribution in [0.3, 0.4) is 0 Å². The molecule has 4 fully saturated rings. The number of benzene rings is 1. The molecule has 1 aromatic heterocycles. The molecule has 7 atom stereocenters.